The van der Waals surface area contributed by atoms with Gasteiger partial charge in [0.15, 0.2) is 11.5 Å². The molecular weight excluding hydrogens is 267 g/mol. The summed E-state index contributed by atoms with van der Waals surface area (Å²) < 4.78 is 23.8. The lowest BCUT2D eigenvalue weighted by molar-refractivity contribution is 0.174. The number of halogens is 1. The van der Waals surface area contributed by atoms with E-state index in [4.69, 9.17) is 9.47 Å². The molecule has 0 N–H and O–H groups in total. The first-order valence-electron chi connectivity index (χ1n) is 6.60. The number of rotatable bonds is 1. The Morgan fingerprint density at radius 1 is 1.14 bits per heavy atom. The number of fused-ring (bicyclic) bond motifs is 1. The van der Waals surface area contributed by atoms with E-state index >= 15 is 0 Å². The molecule has 3 heteroatoms. The predicted octanol–water partition coefficient (Wildman–Crippen LogP) is 4.01. The molecule has 2 aromatic rings. The van der Waals surface area contributed by atoms with Crippen molar-refractivity contribution in [3.63, 3.8) is 0 Å². The molecule has 1 aliphatic heterocycles. The Balaban J connectivity index is 1.89. The Bertz CT molecular complexity index is 766. The van der Waals surface area contributed by atoms with Crippen molar-refractivity contribution in [3.8, 4) is 23.3 Å². The van der Waals surface area contributed by atoms with Crippen molar-refractivity contribution in [2.45, 2.75) is 6.92 Å². The lowest BCUT2D eigenvalue weighted by Crippen LogP contribution is -1.92. The molecule has 0 radical (unpaired) electrons. The van der Waals surface area contributed by atoms with Crippen molar-refractivity contribution >= 4 is 5.57 Å². The van der Waals surface area contributed by atoms with Gasteiger partial charge in [0.2, 0.25) is 6.79 Å². The first-order chi connectivity index (χ1) is 10.3. The summed E-state index contributed by atoms with van der Waals surface area (Å²) in [5, 5.41) is 0. The quantitative estimate of drug-likeness (QED) is 0.735. The van der Waals surface area contributed by atoms with E-state index in [0.29, 0.717) is 5.75 Å². The summed E-state index contributed by atoms with van der Waals surface area (Å²) in [6.07, 6.45) is 1.87. The fourth-order valence-corrected chi connectivity index (χ4v) is 2.08. The minimum Gasteiger partial charge on any atom is -0.454 e. The van der Waals surface area contributed by atoms with E-state index in [-0.39, 0.29) is 12.6 Å². The Hall–Kier alpha value is -2.73. The Morgan fingerprint density at radius 3 is 2.81 bits per heavy atom. The molecule has 0 spiro atoms. The van der Waals surface area contributed by atoms with Gasteiger partial charge in [0, 0.05) is 11.1 Å². The SMILES string of the molecule is CC=C(C#Cc1ccc2c(c1)OCO2)c1cccc(F)c1. The number of hydrogen-bond donors (Lipinski definition) is 0. The van der Waals surface area contributed by atoms with Gasteiger partial charge in [0.25, 0.3) is 0 Å². The topological polar surface area (TPSA) is 18.5 Å². The molecule has 1 aliphatic rings. The molecule has 104 valence electrons. The van der Waals surface area contributed by atoms with Gasteiger partial charge in [-0.2, -0.15) is 0 Å². The van der Waals surface area contributed by atoms with Crippen LogP contribution in [0.5, 0.6) is 11.5 Å². The third-order valence-corrected chi connectivity index (χ3v) is 3.14. The number of hydrogen-bond acceptors (Lipinski definition) is 2. The van der Waals surface area contributed by atoms with E-state index in [1.54, 1.807) is 6.07 Å². The molecule has 0 bridgehead atoms. The standard InChI is InChI=1S/C18H13FO2/c1-2-14(15-4-3-5-16(19)11-15)8-6-13-7-9-17-18(10-13)21-12-20-17/h2-5,7,9-11H,12H2,1H3. The fourth-order valence-electron chi connectivity index (χ4n) is 2.08. The maximum atomic E-state index is 13.3. The maximum Gasteiger partial charge on any atom is 0.231 e. The second-order valence-corrected chi connectivity index (χ2v) is 4.53. The summed E-state index contributed by atoms with van der Waals surface area (Å²) in [5.41, 5.74) is 2.38. The largest absolute Gasteiger partial charge is 0.454 e. The molecule has 0 atom stereocenters. The summed E-state index contributed by atoms with van der Waals surface area (Å²) in [5.74, 6) is 7.31. The second kappa shape index (κ2) is 5.72. The van der Waals surface area contributed by atoms with Gasteiger partial charge >= 0.3 is 0 Å². The fraction of sp³-hybridized carbons (Fsp3) is 0.111. The highest BCUT2D eigenvalue weighted by Gasteiger charge is 2.12. The van der Waals surface area contributed by atoms with Crippen LogP contribution >= 0.6 is 0 Å². The van der Waals surface area contributed by atoms with Gasteiger partial charge < -0.3 is 9.47 Å². The zero-order valence-electron chi connectivity index (χ0n) is 11.5. The number of benzene rings is 2. The van der Waals surface area contributed by atoms with Crippen LogP contribution in [0.1, 0.15) is 18.1 Å². The number of allylic oxidation sites excluding steroid dienone is 2. The summed E-state index contributed by atoms with van der Waals surface area (Å²) in [6.45, 7) is 2.13. The van der Waals surface area contributed by atoms with Gasteiger partial charge in [-0.3, -0.25) is 0 Å². The van der Waals surface area contributed by atoms with Crippen LogP contribution < -0.4 is 9.47 Å². The van der Waals surface area contributed by atoms with Crippen LogP contribution in [0.4, 0.5) is 4.39 Å². The van der Waals surface area contributed by atoms with Gasteiger partial charge in [-0.15, -0.1) is 0 Å². The van der Waals surface area contributed by atoms with Crippen LogP contribution in [0.3, 0.4) is 0 Å². The Labute approximate surface area is 122 Å². The molecule has 0 saturated heterocycles. The molecule has 2 aromatic carbocycles. The Morgan fingerprint density at radius 2 is 2.00 bits per heavy atom. The molecule has 0 amide bonds. The van der Waals surface area contributed by atoms with Crippen LogP contribution in [0.25, 0.3) is 5.57 Å². The van der Waals surface area contributed by atoms with Crippen molar-refractivity contribution < 1.29 is 13.9 Å². The van der Waals surface area contributed by atoms with Crippen molar-refractivity contribution in [1.82, 2.24) is 0 Å². The average molecular weight is 280 g/mol. The van der Waals surface area contributed by atoms with Gasteiger partial charge in [0.05, 0.1) is 0 Å². The third-order valence-electron chi connectivity index (χ3n) is 3.14. The zero-order valence-corrected chi connectivity index (χ0v) is 11.5. The van der Waals surface area contributed by atoms with Crippen molar-refractivity contribution in [2.24, 2.45) is 0 Å². The monoisotopic (exact) mass is 280 g/mol. The molecule has 2 nitrogen and oxygen atoms in total. The molecule has 0 saturated carbocycles. The zero-order chi connectivity index (χ0) is 14.7. The van der Waals surface area contributed by atoms with Crippen molar-refractivity contribution in [2.75, 3.05) is 6.79 Å². The van der Waals surface area contributed by atoms with Crippen LogP contribution in [-0.4, -0.2) is 6.79 Å². The lowest BCUT2D eigenvalue weighted by Gasteiger charge is -2.00. The van der Waals surface area contributed by atoms with Crippen LogP contribution in [0.2, 0.25) is 0 Å². The van der Waals surface area contributed by atoms with E-state index < -0.39 is 0 Å². The molecule has 0 fully saturated rings. The molecule has 0 aliphatic carbocycles. The first-order valence-corrected chi connectivity index (χ1v) is 6.60. The molecule has 1 heterocycles. The average Bonchev–Trinajstić information content (AvgIpc) is 2.95. The molecule has 0 unspecified atom stereocenters. The van der Waals surface area contributed by atoms with Gasteiger partial charge in [-0.1, -0.05) is 30.0 Å². The van der Waals surface area contributed by atoms with E-state index in [2.05, 4.69) is 11.8 Å². The van der Waals surface area contributed by atoms with Gasteiger partial charge in [-0.25, -0.2) is 4.39 Å². The highest BCUT2D eigenvalue weighted by Crippen LogP contribution is 2.32. The highest BCUT2D eigenvalue weighted by molar-refractivity contribution is 5.79. The summed E-state index contributed by atoms with van der Waals surface area (Å²) in [6, 6.07) is 12.0. The van der Waals surface area contributed by atoms with E-state index in [0.717, 1.165) is 22.4 Å². The smallest absolute Gasteiger partial charge is 0.231 e. The van der Waals surface area contributed by atoms with Crippen molar-refractivity contribution in [3.05, 3.63) is 65.5 Å². The van der Waals surface area contributed by atoms with Gasteiger partial charge in [-0.05, 0) is 42.8 Å². The molecule has 0 aromatic heterocycles. The van der Waals surface area contributed by atoms with Gasteiger partial charge in [0.1, 0.15) is 5.82 Å². The molecular formula is C18H13FO2. The Kier molecular flexibility index (Phi) is 3.61. The predicted molar refractivity (Wildman–Crippen MR) is 79.5 cm³/mol. The van der Waals surface area contributed by atoms with Crippen molar-refractivity contribution in [1.29, 1.82) is 0 Å². The summed E-state index contributed by atoms with van der Waals surface area (Å²) in [4.78, 5) is 0. The number of ether oxygens (including phenoxy) is 2. The van der Waals surface area contributed by atoms with E-state index in [1.807, 2.05) is 37.3 Å². The van der Waals surface area contributed by atoms with Crippen LogP contribution in [0, 0.1) is 17.7 Å². The minimum atomic E-state index is -0.267. The van der Waals surface area contributed by atoms with Crippen LogP contribution in [-0.2, 0) is 0 Å². The molecule has 21 heavy (non-hydrogen) atoms. The van der Waals surface area contributed by atoms with E-state index in [9.17, 15) is 4.39 Å². The normalized spacial score (nSPS) is 12.8. The summed E-state index contributed by atoms with van der Waals surface area (Å²) in [7, 11) is 0. The van der Waals surface area contributed by atoms with E-state index in [1.165, 1.54) is 12.1 Å². The maximum absolute atomic E-state index is 13.3. The minimum absolute atomic E-state index is 0.246. The lowest BCUT2D eigenvalue weighted by atomic mass is 10.1. The summed E-state index contributed by atoms with van der Waals surface area (Å²) >= 11 is 0. The van der Waals surface area contributed by atoms with Crippen LogP contribution in [0.15, 0.2) is 48.5 Å². The molecule has 3 rings (SSSR count). The first kappa shape index (κ1) is 13.3. The third kappa shape index (κ3) is 2.90. The second-order valence-electron chi connectivity index (χ2n) is 4.53. The highest BCUT2D eigenvalue weighted by atomic mass is 19.1.